The molecule has 0 unspecified atom stereocenters. The van der Waals surface area contributed by atoms with Gasteiger partial charge < -0.3 is 0 Å². The zero-order valence-corrected chi connectivity index (χ0v) is 14.2. The van der Waals surface area contributed by atoms with Gasteiger partial charge in [0.15, 0.2) is 0 Å². The van der Waals surface area contributed by atoms with Gasteiger partial charge in [-0.1, -0.05) is 47.5 Å². The third kappa shape index (κ3) is 4.56. The molecule has 1 nitrogen and oxygen atoms in total. The molecule has 0 aliphatic carbocycles. The minimum absolute atomic E-state index is 0.361. The Morgan fingerprint density at radius 3 is 1.50 bits per heavy atom. The third-order valence-corrected chi connectivity index (χ3v) is 4.34. The summed E-state index contributed by atoms with van der Waals surface area (Å²) in [7, 11) is 0. The van der Waals surface area contributed by atoms with Gasteiger partial charge in [0.05, 0.1) is 0 Å². The van der Waals surface area contributed by atoms with E-state index in [1.165, 1.54) is 33.4 Å². The molecule has 0 saturated heterocycles. The summed E-state index contributed by atoms with van der Waals surface area (Å²) < 4.78 is 0. The highest BCUT2D eigenvalue weighted by Crippen LogP contribution is 2.15. The second-order valence-electron chi connectivity index (χ2n) is 6.40. The van der Waals surface area contributed by atoms with Gasteiger partial charge in [-0.2, -0.15) is 0 Å². The lowest BCUT2D eigenvalue weighted by atomic mass is 9.97. The molecular weight excluding hydrogens is 268 g/mol. The number of aryl methyl sites for hydroxylation is 6. The summed E-state index contributed by atoms with van der Waals surface area (Å²) in [5, 5.41) is 0. The summed E-state index contributed by atoms with van der Waals surface area (Å²) in [5.41, 5.74) is 7.74. The fraction of sp³-hybridized carbons (Fsp3) is 0.381. The van der Waals surface area contributed by atoms with Gasteiger partial charge in [0.25, 0.3) is 0 Å². The van der Waals surface area contributed by atoms with E-state index < -0.39 is 0 Å². The van der Waals surface area contributed by atoms with Crippen LogP contribution in [-0.2, 0) is 17.6 Å². The molecule has 0 atom stereocenters. The Balaban J connectivity index is 1.85. The number of benzene rings is 2. The summed E-state index contributed by atoms with van der Waals surface area (Å²) in [4.78, 5) is 12.1. The third-order valence-electron chi connectivity index (χ3n) is 4.34. The number of hydrogen-bond donors (Lipinski definition) is 0. The van der Waals surface area contributed by atoms with E-state index in [1.54, 1.807) is 0 Å². The topological polar surface area (TPSA) is 17.1 Å². The van der Waals surface area contributed by atoms with Gasteiger partial charge in [-0.05, 0) is 62.8 Å². The average molecular weight is 294 g/mol. The molecular formula is C21H26O. The minimum Gasteiger partial charge on any atom is -0.300 e. The van der Waals surface area contributed by atoms with Crippen LogP contribution in [0.15, 0.2) is 36.4 Å². The van der Waals surface area contributed by atoms with E-state index in [-0.39, 0.29) is 0 Å². The number of carbonyl (C=O) groups is 1. The average Bonchev–Trinajstić information content (AvgIpc) is 2.45. The lowest BCUT2D eigenvalue weighted by Crippen LogP contribution is -2.04. The van der Waals surface area contributed by atoms with Crippen molar-refractivity contribution in [2.24, 2.45) is 0 Å². The molecule has 0 amide bonds. The molecule has 0 heterocycles. The zero-order chi connectivity index (χ0) is 16.1. The van der Waals surface area contributed by atoms with Gasteiger partial charge in [0, 0.05) is 12.8 Å². The molecule has 116 valence electrons. The maximum Gasteiger partial charge on any atom is 0.133 e. The van der Waals surface area contributed by atoms with Crippen LogP contribution in [-0.4, -0.2) is 5.78 Å². The highest BCUT2D eigenvalue weighted by Gasteiger charge is 2.07. The fourth-order valence-corrected chi connectivity index (χ4v) is 2.93. The van der Waals surface area contributed by atoms with E-state index in [4.69, 9.17) is 0 Å². The molecule has 0 N–H and O–H groups in total. The first-order valence-electron chi connectivity index (χ1n) is 8.09. The van der Waals surface area contributed by atoms with Gasteiger partial charge in [-0.25, -0.2) is 0 Å². The van der Waals surface area contributed by atoms with Crippen molar-refractivity contribution in [1.82, 2.24) is 0 Å². The Morgan fingerprint density at radius 2 is 1.14 bits per heavy atom. The standard InChI is InChI=1S/C21H26O/c1-15-5-7-19(17(3)13-15)9-11-21(22)12-10-20-8-6-16(2)14-18(20)4/h5-8,13-14H,9-12H2,1-4H3. The molecule has 22 heavy (non-hydrogen) atoms. The summed E-state index contributed by atoms with van der Waals surface area (Å²) in [6.07, 6.45) is 3.01. The summed E-state index contributed by atoms with van der Waals surface area (Å²) in [5.74, 6) is 0.361. The largest absolute Gasteiger partial charge is 0.300 e. The van der Waals surface area contributed by atoms with Crippen LogP contribution in [0.3, 0.4) is 0 Å². The van der Waals surface area contributed by atoms with Crippen molar-refractivity contribution in [1.29, 1.82) is 0 Å². The van der Waals surface area contributed by atoms with E-state index in [9.17, 15) is 4.79 Å². The first-order valence-corrected chi connectivity index (χ1v) is 8.09. The van der Waals surface area contributed by atoms with E-state index in [0.717, 1.165) is 12.8 Å². The molecule has 0 saturated carbocycles. The highest BCUT2D eigenvalue weighted by molar-refractivity contribution is 5.79. The minimum atomic E-state index is 0.361. The Labute approximate surface area is 134 Å². The van der Waals surface area contributed by atoms with E-state index in [0.29, 0.717) is 18.6 Å². The second-order valence-corrected chi connectivity index (χ2v) is 6.40. The maximum absolute atomic E-state index is 12.1. The predicted octanol–water partition coefficient (Wildman–Crippen LogP) is 5.05. The molecule has 2 rings (SSSR count). The molecule has 0 bridgehead atoms. The summed E-state index contributed by atoms with van der Waals surface area (Å²) in [6.45, 7) is 8.46. The van der Waals surface area contributed by atoms with E-state index >= 15 is 0 Å². The van der Waals surface area contributed by atoms with E-state index in [1.807, 2.05) is 0 Å². The molecule has 2 aromatic carbocycles. The molecule has 0 fully saturated rings. The maximum atomic E-state index is 12.1. The van der Waals surface area contributed by atoms with Crippen LogP contribution in [0.2, 0.25) is 0 Å². The molecule has 2 aromatic rings. The first-order chi connectivity index (χ1) is 10.5. The van der Waals surface area contributed by atoms with Crippen molar-refractivity contribution in [3.8, 4) is 0 Å². The van der Waals surface area contributed by atoms with Crippen molar-refractivity contribution in [2.45, 2.75) is 53.4 Å². The normalized spacial score (nSPS) is 10.7. The van der Waals surface area contributed by atoms with Gasteiger partial charge in [0.2, 0.25) is 0 Å². The Kier molecular flexibility index (Phi) is 5.54. The van der Waals surface area contributed by atoms with Crippen LogP contribution in [0.5, 0.6) is 0 Å². The highest BCUT2D eigenvalue weighted by atomic mass is 16.1. The van der Waals surface area contributed by atoms with Crippen molar-refractivity contribution < 1.29 is 4.79 Å². The SMILES string of the molecule is Cc1ccc(CCC(=O)CCc2ccc(C)cc2C)c(C)c1. The van der Waals surface area contributed by atoms with Gasteiger partial charge in [-0.15, -0.1) is 0 Å². The lowest BCUT2D eigenvalue weighted by molar-refractivity contribution is -0.119. The second kappa shape index (κ2) is 7.40. The van der Waals surface area contributed by atoms with Crippen molar-refractivity contribution in [3.05, 3.63) is 69.8 Å². The molecule has 0 aliphatic rings. The number of rotatable bonds is 6. The fourth-order valence-electron chi connectivity index (χ4n) is 2.93. The van der Waals surface area contributed by atoms with Crippen LogP contribution in [0.1, 0.15) is 46.2 Å². The van der Waals surface area contributed by atoms with Gasteiger partial charge in [-0.3, -0.25) is 4.79 Å². The molecule has 0 aliphatic heterocycles. The van der Waals surface area contributed by atoms with Crippen LogP contribution in [0, 0.1) is 27.7 Å². The van der Waals surface area contributed by atoms with Crippen LogP contribution in [0.25, 0.3) is 0 Å². The number of hydrogen-bond acceptors (Lipinski definition) is 1. The lowest BCUT2D eigenvalue weighted by Gasteiger charge is -2.08. The molecule has 0 aromatic heterocycles. The Hall–Kier alpha value is -1.89. The van der Waals surface area contributed by atoms with Gasteiger partial charge in [0.1, 0.15) is 5.78 Å². The Bertz CT molecular complexity index is 610. The molecule has 1 heteroatoms. The first kappa shape index (κ1) is 16.5. The van der Waals surface area contributed by atoms with Crippen molar-refractivity contribution in [3.63, 3.8) is 0 Å². The zero-order valence-electron chi connectivity index (χ0n) is 14.2. The Morgan fingerprint density at radius 1 is 0.727 bits per heavy atom. The summed E-state index contributed by atoms with van der Waals surface area (Å²) >= 11 is 0. The molecule has 0 radical (unpaired) electrons. The monoisotopic (exact) mass is 294 g/mol. The number of carbonyl (C=O) groups excluding carboxylic acids is 1. The van der Waals surface area contributed by atoms with Crippen LogP contribution in [0.4, 0.5) is 0 Å². The van der Waals surface area contributed by atoms with E-state index in [2.05, 4.69) is 64.1 Å². The van der Waals surface area contributed by atoms with Crippen molar-refractivity contribution >= 4 is 5.78 Å². The predicted molar refractivity (Wildman–Crippen MR) is 93.5 cm³/mol. The number of Topliss-reactive ketones (excluding diaryl/α,β-unsaturated/α-hetero) is 1. The van der Waals surface area contributed by atoms with Crippen LogP contribution >= 0.6 is 0 Å². The smallest absolute Gasteiger partial charge is 0.133 e. The van der Waals surface area contributed by atoms with Gasteiger partial charge >= 0.3 is 0 Å². The van der Waals surface area contributed by atoms with Crippen molar-refractivity contribution in [2.75, 3.05) is 0 Å². The quantitative estimate of drug-likeness (QED) is 0.728. The molecule has 0 spiro atoms. The van der Waals surface area contributed by atoms with Crippen LogP contribution < -0.4 is 0 Å². The summed E-state index contributed by atoms with van der Waals surface area (Å²) in [6, 6.07) is 12.9. The number of ketones is 1.